The molecule has 5 heteroatoms. The van der Waals surface area contributed by atoms with Crippen LogP contribution in [0.4, 0.5) is 4.39 Å². The van der Waals surface area contributed by atoms with Crippen LogP contribution in [0.15, 0.2) is 95.9 Å². The summed E-state index contributed by atoms with van der Waals surface area (Å²) in [6.45, 7) is 0. The summed E-state index contributed by atoms with van der Waals surface area (Å²) < 4.78 is 19.2. The lowest BCUT2D eigenvalue weighted by molar-refractivity contribution is -0.510. The van der Waals surface area contributed by atoms with Gasteiger partial charge in [0.15, 0.2) is 5.69 Å². The molecular formula is C25H16BrFN3+. The molecule has 144 valence electrons. The maximum atomic E-state index is 14.1. The van der Waals surface area contributed by atoms with E-state index in [1.54, 1.807) is 12.1 Å². The Kier molecular flexibility index (Phi) is 3.80. The van der Waals surface area contributed by atoms with Crippen LogP contribution in [-0.2, 0) is 0 Å². The Morgan fingerprint density at radius 3 is 2.57 bits per heavy atom. The summed E-state index contributed by atoms with van der Waals surface area (Å²) in [5, 5.41) is 2.35. The Hall–Kier alpha value is -3.44. The second-order valence-electron chi connectivity index (χ2n) is 7.32. The van der Waals surface area contributed by atoms with E-state index in [4.69, 9.17) is 0 Å². The van der Waals surface area contributed by atoms with Crippen LogP contribution in [0.25, 0.3) is 44.3 Å². The minimum atomic E-state index is -0.260. The van der Waals surface area contributed by atoms with Crippen molar-refractivity contribution in [2.45, 2.75) is 0 Å². The van der Waals surface area contributed by atoms with Crippen LogP contribution in [0.3, 0.4) is 0 Å². The van der Waals surface area contributed by atoms with Gasteiger partial charge in [0.05, 0.1) is 11.7 Å². The Bertz CT molecular complexity index is 1580. The molecule has 0 aliphatic rings. The summed E-state index contributed by atoms with van der Waals surface area (Å²) in [7, 11) is 0. The fourth-order valence-electron chi connectivity index (χ4n) is 4.25. The number of nitrogens with zero attached hydrogens (tertiary/aromatic N) is 2. The van der Waals surface area contributed by atoms with Crippen molar-refractivity contribution in [1.82, 2.24) is 9.55 Å². The zero-order valence-corrected chi connectivity index (χ0v) is 17.4. The molecule has 0 unspecified atom stereocenters. The van der Waals surface area contributed by atoms with Crippen LogP contribution < -0.4 is 4.40 Å². The molecular weight excluding hydrogens is 441 g/mol. The fraction of sp³-hybridized carbons (Fsp3) is 0. The number of aromatic nitrogens is 3. The number of H-pyrrole nitrogens is 1. The minimum Gasteiger partial charge on any atom is -0.351 e. The molecule has 0 radical (unpaired) electrons. The summed E-state index contributed by atoms with van der Waals surface area (Å²) in [6, 6.07) is 25.2. The van der Waals surface area contributed by atoms with Crippen molar-refractivity contribution in [2.75, 3.05) is 0 Å². The van der Waals surface area contributed by atoms with Gasteiger partial charge in [-0.3, -0.25) is 0 Å². The molecule has 0 atom stereocenters. The van der Waals surface area contributed by atoms with Gasteiger partial charge in [-0.2, -0.15) is 8.97 Å². The number of hydrogen-bond donors (Lipinski definition) is 1. The molecule has 0 saturated heterocycles. The molecule has 3 aromatic heterocycles. The highest BCUT2D eigenvalue weighted by Crippen LogP contribution is 2.36. The fourth-order valence-corrected chi connectivity index (χ4v) is 4.72. The first-order chi connectivity index (χ1) is 14.7. The zero-order valence-electron chi connectivity index (χ0n) is 15.8. The molecule has 0 fully saturated rings. The molecule has 0 amide bonds. The van der Waals surface area contributed by atoms with Crippen LogP contribution >= 0.6 is 15.9 Å². The largest absolute Gasteiger partial charge is 0.351 e. The maximum Gasteiger partial charge on any atom is 0.254 e. The number of hydrogen-bond acceptors (Lipinski definition) is 0. The summed E-state index contributed by atoms with van der Waals surface area (Å²) in [5.41, 5.74) is 5.99. The molecule has 0 aliphatic heterocycles. The highest BCUT2D eigenvalue weighted by atomic mass is 79.9. The number of fused-ring (bicyclic) bond motifs is 5. The van der Waals surface area contributed by atoms with Crippen LogP contribution in [0.5, 0.6) is 0 Å². The highest BCUT2D eigenvalue weighted by molar-refractivity contribution is 9.10. The number of benzene rings is 3. The molecule has 0 aliphatic carbocycles. The van der Waals surface area contributed by atoms with Gasteiger partial charge in [-0.1, -0.05) is 52.3 Å². The third kappa shape index (κ3) is 2.52. The topological polar surface area (TPSA) is 24.8 Å². The van der Waals surface area contributed by atoms with E-state index in [0.29, 0.717) is 0 Å². The number of aromatic amines is 1. The van der Waals surface area contributed by atoms with E-state index in [0.717, 1.165) is 43.4 Å². The second-order valence-corrected chi connectivity index (χ2v) is 8.18. The van der Waals surface area contributed by atoms with Gasteiger partial charge in [0.1, 0.15) is 11.5 Å². The van der Waals surface area contributed by atoms with Crippen molar-refractivity contribution >= 4 is 43.3 Å². The minimum absolute atomic E-state index is 0.260. The molecule has 0 spiro atoms. The average Bonchev–Trinajstić information content (AvgIpc) is 3.32. The van der Waals surface area contributed by atoms with Crippen LogP contribution in [0, 0.1) is 5.82 Å². The zero-order chi connectivity index (χ0) is 20.2. The van der Waals surface area contributed by atoms with Crippen molar-refractivity contribution in [3.63, 3.8) is 0 Å². The number of imidazole rings is 1. The third-order valence-electron chi connectivity index (χ3n) is 5.56. The SMILES string of the molecule is Fc1cccc(-n2c[n+]3ccc4c5ccccc5[nH]c4c3c2-c2ccccc2Br)c1. The normalized spacial score (nSPS) is 11.7. The Morgan fingerprint density at radius 1 is 0.867 bits per heavy atom. The van der Waals surface area contributed by atoms with Crippen LogP contribution in [0.1, 0.15) is 0 Å². The number of nitrogens with one attached hydrogen (secondary N) is 1. The lowest BCUT2D eigenvalue weighted by Gasteiger charge is -2.05. The summed E-state index contributed by atoms with van der Waals surface area (Å²) >= 11 is 3.72. The molecule has 6 aromatic rings. The monoisotopic (exact) mass is 456 g/mol. The van der Waals surface area contributed by atoms with Gasteiger partial charge in [-0.15, -0.1) is 0 Å². The molecule has 3 nitrogen and oxygen atoms in total. The van der Waals surface area contributed by atoms with Crippen LogP contribution in [-0.4, -0.2) is 9.55 Å². The first kappa shape index (κ1) is 17.4. The first-order valence-electron chi connectivity index (χ1n) is 9.67. The number of halogens is 2. The first-order valence-corrected chi connectivity index (χ1v) is 10.5. The molecule has 1 N–H and O–H groups in total. The van der Waals surface area contributed by atoms with E-state index >= 15 is 0 Å². The lowest BCUT2D eigenvalue weighted by atomic mass is 10.1. The van der Waals surface area contributed by atoms with Gasteiger partial charge < -0.3 is 4.98 Å². The third-order valence-corrected chi connectivity index (χ3v) is 6.25. The predicted octanol–water partition coefficient (Wildman–Crippen LogP) is 6.42. The molecule has 30 heavy (non-hydrogen) atoms. The van der Waals surface area contributed by atoms with Crippen molar-refractivity contribution in [3.8, 4) is 16.9 Å². The summed E-state index contributed by atoms with van der Waals surface area (Å²) in [6.07, 6.45) is 4.07. The summed E-state index contributed by atoms with van der Waals surface area (Å²) in [5.74, 6) is -0.260. The lowest BCUT2D eigenvalue weighted by Crippen LogP contribution is -2.17. The van der Waals surface area contributed by atoms with E-state index in [2.05, 4.69) is 61.8 Å². The van der Waals surface area contributed by atoms with E-state index in [1.165, 1.54) is 11.5 Å². The van der Waals surface area contributed by atoms with Gasteiger partial charge in [0.25, 0.3) is 6.33 Å². The van der Waals surface area contributed by atoms with Gasteiger partial charge in [-0.25, -0.2) is 4.39 Å². The van der Waals surface area contributed by atoms with E-state index < -0.39 is 0 Å². The molecule has 3 aromatic carbocycles. The maximum absolute atomic E-state index is 14.1. The van der Waals surface area contributed by atoms with Gasteiger partial charge in [0, 0.05) is 32.4 Å². The van der Waals surface area contributed by atoms with E-state index in [9.17, 15) is 4.39 Å². The van der Waals surface area contributed by atoms with E-state index in [-0.39, 0.29) is 5.82 Å². The smallest absolute Gasteiger partial charge is 0.254 e. The number of para-hydroxylation sites is 1. The van der Waals surface area contributed by atoms with Gasteiger partial charge in [0.2, 0.25) is 5.52 Å². The average molecular weight is 457 g/mol. The van der Waals surface area contributed by atoms with Crippen molar-refractivity contribution in [1.29, 1.82) is 0 Å². The number of pyridine rings is 1. The summed E-state index contributed by atoms with van der Waals surface area (Å²) in [4.78, 5) is 3.60. The van der Waals surface area contributed by atoms with E-state index in [1.807, 2.05) is 41.2 Å². The van der Waals surface area contributed by atoms with Crippen molar-refractivity contribution in [3.05, 3.63) is 102 Å². The second kappa shape index (κ2) is 6.54. The van der Waals surface area contributed by atoms with Crippen molar-refractivity contribution < 1.29 is 8.79 Å². The van der Waals surface area contributed by atoms with Crippen LogP contribution in [0.2, 0.25) is 0 Å². The number of rotatable bonds is 2. The molecule has 6 rings (SSSR count). The Labute approximate surface area is 180 Å². The van der Waals surface area contributed by atoms with Gasteiger partial charge in [-0.05, 0) is 36.4 Å². The Morgan fingerprint density at radius 2 is 1.70 bits per heavy atom. The quantitative estimate of drug-likeness (QED) is 0.291. The van der Waals surface area contributed by atoms with Gasteiger partial charge >= 0.3 is 0 Å². The molecule has 0 saturated carbocycles. The predicted molar refractivity (Wildman–Crippen MR) is 121 cm³/mol. The standard InChI is InChI=1S/C25H16BrFN3/c26-21-10-3-1-9-20(21)24-25-23-19(18-8-2-4-11-22(18)28-23)12-13-29(25)15-30(24)17-7-5-6-16(27)14-17/h1-15,28H/q+1. The Balaban J connectivity index is 1.82. The van der Waals surface area contributed by atoms with Crippen molar-refractivity contribution in [2.24, 2.45) is 0 Å². The molecule has 0 bridgehead atoms. The molecule has 3 heterocycles. The highest BCUT2D eigenvalue weighted by Gasteiger charge is 2.26.